The molecule has 8 heteroatoms. The van der Waals surface area contributed by atoms with Crippen LogP contribution in [0.15, 0.2) is 42.6 Å². The number of hydrogen-bond acceptors (Lipinski definition) is 3. The quantitative estimate of drug-likeness (QED) is 0.646. The zero-order valence-electron chi connectivity index (χ0n) is 16.0. The zero-order chi connectivity index (χ0) is 20.6. The Labute approximate surface area is 166 Å². The van der Waals surface area contributed by atoms with Crippen LogP contribution in [0.2, 0.25) is 0 Å². The maximum Gasteiger partial charge on any atom is 0.416 e. The van der Waals surface area contributed by atoms with Gasteiger partial charge in [0.1, 0.15) is 11.3 Å². The van der Waals surface area contributed by atoms with Crippen molar-refractivity contribution in [3.05, 3.63) is 59.5 Å². The summed E-state index contributed by atoms with van der Waals surface area (Å²) in [6.45, 7) is 3.93. The molecule has 29 heavy (non-hydrogen) atoms. The molecular weight excluding hydrogens is 381 g/mol. The van der Waals surface area contributed by atoms with E-state index in [1.54, 1.807) is 11.1 Å². The van der Waals surface area contributed by atoms with E-state index in [2.05, 4.69) is 16.5 Å². The molecule has 1 amide bonds. The van der Waals surface area contributed by atoms with Crippen LogP contribution in [0.3, 0.4) is 0 Å². The Bertz CT molecular complexity index is 1030. The van der Waals surface area contributed by atoms with Crippen LogP contribution in [0, 0.1) is 0 Å². The summed E-state index contributed by atoms with van der Waals surface area (Å²) in [6, 6.07) is 8.17. The van der Waals surface area contributed by atoms with Gasteiger partial charge in [-0.1, -0.05) is 6.92 Å². The lowest BCUT2D eigenvalue weighted by Gasteiger charge is -2.17. The molecule has 5 nitrogen and oxygen atoms in total. The van der Waals surface area contributed by atoms with Crippen LogP contribution in [-0.2, 0) is 12.7 Å². The van der Waals surface area contributed by atoms with Crippen LogP contribution in [-0.4, -0.2) is 38.4 Å². The summed E-state index contributed by atoms with van der Waals surface area (Å²) >= 11 is 0. The van der Waals surface area contributed by atoms with E-state index in [0.717, 1.165) is 48.5 Å². The Balaban J connectivity index is 1.54. The third kappa shape index (κ3) is 3.71. The molecule has 0 spiro atoms. The molecule has 0 radical (unpaired) electrons. The molecule has 0 bridgehead atoms. The number of likely N-dealkylation sites (tertiary alicyclic amines) is 1. The number of nitrogens with zero attached hydrogens (tertiary/aromatic N) is 4. The molecule has 1 atom stereocenters. The van der Waals surface area contributed by atoms with Crippen LogP contribution in [0.4, 0.5) is 13.2 Å². The van der Waals surface area contributed by atoms with Crippen molar-refractivity contribution < 1.29 is 18.0 Å². The van der Waals surface area contributed by atoms with Crippen molar-refractivity contribution in [1.82, 2.24) is 19.4 Å². The van der Waals surface area contributed by atoms with E-state index in [9.17, 15) is 18.0 Å². The van der Waals surface area contributed by atoms with Crippen molar-refractivity contribution in [2.24, 2.45) is 0 Å². The van der Waals surface area contributed by atoms with E-state index in [-0.39, 0.29) is 17.4 Å². The lowest BCUT2D eigenvalue weighted by molar-refractivity contribution is -0.137. The van der Waals surface area contributed by atoms with Gasteiger partial charge in [-0.3, -0.25) is 4.79 Å². The average molecular weight is 402 g/mol. The van der Waals surface area contributed by atoms with Gasteiger partial charge in [-0.2, -0.15) is 13.2 Å². The fraction of sp³-hybridized carbons (Fsp3) is 0.381. The molecule has 152 valence electrons. The van der Waals surface area contributed by atoms with Gasteiger partial charge in [-0.15, -0.1) is 0 Å². The molecule has 4 rings (SSSR count). The van der Waals surface area contributed by atoms with Gasteiger partial charge in [-0.25, -0.2) is 9.97 Å². The smallest absolute Gasteiger partial charge is 0.338 e. The molecule has 3 aromatic rings. The minimum Gasteiger partial charge on any atom is -0.338 e. The summed E-state index contributed by atoms with van der Waals surface area (Å²) in [4.78, 5) is 23.7. The predicted octanol–water partition coefficient (Wildman–Crippen LogP) is 4.49. The van der Waals surface area contributed by atoms with E-state index in [4.69, 9.17) is 4.98 Å². The summed E-state index contributed by atoms with van der Waals surface area (Å²) in [5, 5.41) is 0. The predicted molar refractivity (Wildman–Crippen MR) is 103 cm³/mol. The zero-order valence-corrected chi connectivity index (χ0v) is 16.0. The Morgan fingerprint density at radius 1 is 1.21 bits per heavy atom. The van der Waals surface area contributed by atoms with Crippen LogP contribution in [0.25, 0.3) is 11.2 Å². The Hall–Kier alpha value is -2.90. The average Bonchev–Trinajstić information content (AvgIpc) is 3.32. The van der Waals surface area contributed by atoms with Crippen molar-refractivity contribution in [2.75, 3.05) is 13.1 Å². The highest BCUT2D eigenvalue weighted by Crippen LogP contribution is 2.31. The Kier molecular flexibility index (Phi) is 5.02. The van der Waals surface area contributed by atoms with Crippen LogP contribution < -0.4 is 0 Å². The lowest BCUT2D eigenvalue weighted by atomic mass is 10.1. The maximum atomic E-state index is 12.8. The van der Waals surface area contributed by atoms with Gasteiger partial charge in [0.05, 0.1) is 5.56 Å². The normalized spacial score (nSPS) is 17.2. The summed E-state index contributed by atoms with van der Waals surface area (Å²) in [7, 11) is 0. The number of rotatable bonds is 4. The number of aryl methyl sites for hydroxylation is 1. The highest BCUT2D eigenvalue weighted by molar-refractivity contribution is 5.94. The van der Waals surface area contributed by atoms with Crippen LogP contribution in [0.5, 0.6) is 0 Å². The SMILES string of the molecule is CCCn1c([C@H]2CCN(C(=O)c3ccc(C(F)(F)F)cc3)C2)nc2cccnc21. The van der Waals surface area contributed by atoms with Crippen molar-refractivity contribution >= 4 is 17.1 Å². The van der Waals surface area contributed by atoms with Crippen LogP contribution >= 0.6 is 0 Å². The third-order valence-electron chi connectivity index (χ3n) is 5.28. The molecule has 1 aliphatic heterocycles. The van der Waals surface area contributed by atoms with E-state index >= 15 is 0 Å². The van der Waals surface area contributed by atoms with Crippen molar-refractivity contribution in [3.8, 4) is 0 Å². The molecular formula is C21H21F3N4O. The highest BCUT2D eigenvalue weighted by Gasteiger charge is 2.33. The van der Waals surface area contributed by atoms with Gasteiger partial charge in [-0.05, 0) is 49.2 Å². The third-order valence-corrected chi connectivity index (χ3v) is 5.28. The number of pyridine rings is 1. The number of hydrogen-bond donors (Lipinski definition) is 0. The Morgan fingerprint density at radius 2 is 1.97 bits per heavy atom. The first-order valence-electron chi connectivity index (χ1n) is 9.66. The largest absolute Gasteiger partial charge is 0.416 e. The first kappa shape index (κ1) is 19.4. The minimum absolute atomic E-state index is 0.0779. The minimum atomic E-state index is -4.41. The number of aromatic nitrogens is 3. The number of carbonyl (C=O) groups is 1. The van der Waals surface area contributed by atoms with Gasteiger partial charge >= 0.3 is 6.18 Å². The highest BCUT2D eigenvalue weighted by atomic mass is 19.4. The van der Waals surface area contributed by atoms with E-state index in [1.807, 2.05) is 12.1 Å². The topological polar surface area (TPSA) is 51.0 Å². The van der Waals surface area contributed by atoms with Gasteiger partial charge in [0.25, 0.3) is 5.91 Å². The maximum absolute atomic E-state index is 12.8. The van der Waals surface area contributed by atoms with Crippen LogP contribution in [0.1, 0.15) is 47.4 Å². The summed E-state index contributed by atoms with van der Waals surface area (Å²) in [6.07, 6.45) is -0.961. The number of halogens is 3. The second-order valence-electron chi connectivity index (χ2n) is 7.28. The second-order valence-corrected chi connectivity index (χ2v) is 7.28. The summed E-state index contributed by atoms with van der Waals surface area (Å²) in [5.41, 5.74) is 1.19. The molecule has 0 N–H and O–H groups in total. The molecule has 3 heterocycles. The number of imidazole rings is 1. The molecule has 1 fully saturated rings. The number of benzene rings is 1. The van der Waals surface area contributed by atoms with E-state index in [1.165, 1.54) is 12.1 Å². The molecule has 1 saturated heterocycles. The van der Waals surface area contributed by atoms with Crippen molar-refractivity contribution in [1.29, 1.82) is 0 Å². The molecule has 1 aliphatic rings. The molecule has 0 saturated carbocycles. The van der Waals surface area contributed by atoms with Gasteiger partial charge in [0.2, 0.25) is 0 Å². The lowest BCUT2D eigenvalue weighted by Crippen LogP contribution is -2.28. The number of amides is 1. The van der Waals surface area contributed by atoms with E-state index in [0.29, 0.717) is 13.1 Å². The molecule has 0 unspecified atom stereocenters. The van der Waals surface area contributed by atoms with Crippen molar-refractivity contribution in [2.45, 2.75) is 38.4 Å². The molecule has 1 aromatic carbocycles. The van der Waals surface area contributed by atoms with E-state index < -0.39 is 11.7 Å². The van der Waals surface area contributed by atoms with Gasteiger partial charge in [0.15, 0.2) is 5.65 Å². The molecule has 2 aromatic heterocycles. The monoisotopic (exact) mass is 402 g/mol. The second kappa shape index (κ2) is 7.50. The summed E-state index contributed by atoms with van der Waals surface area (Å²) < 4.78 is 40.3. The fourth-order valence-corrected chi connectivity index (χ4v) is 3.87. The standard InChI is InChI=1S/C21H21F3N4O/c1-2-11-28-18(26-17-4-3-10-25-19(17)28)15-9-12-27(13-15)20(29)14-5-7-16(8-6-14)21(22,23)24/h3-8,10,15H,2,9,11-13H2,1H3/t15-/m0/s1. The first-order chi connectivity index (χ1) is 13.9. The first-order valence-corrected chi connectivity index (χ1v) is 9.66. The fourth-order valence-electron chi connectivity index (χ4n) is 3.87. The Morgan fingerprint density at radius 3 is 2.66 bits per heavy atom. The summed E-state index contributed by atoms with van der Waals surface area (Å²) in [5.74, 6) is 0.745. The number of carbonyl (C=O) groups excluding carboxylic acids is 1. The van der Waals surface area contributed by atoms with Crippen molar-refractivity contribution in [3.63, 3.8) is 0 Å². The number of fused-ring (bicyclic) bond motifs is 1. The molecule has 0 aliphatic carbocycles. The number of alkyl halides is 3. The van der Waals surface area contributed by atoms with Gasteiger partial charge < -0.3 is 9.47 Å². The van der Waals surface area contributed by atoms with Gasteiger partial charge in [0, 0.05) is 37.3 Å².